The Balaban J connectivity index is 1.43. The smallest absolute Gasteiger partial charge is 0.307 e. The van der Waals surface area contributed by atoms with Crippen LogP contribution in [0.1, 0.15) is 19.3 Å². The number of sulfonamides is 1. The largest absolute Gasteiger partial charge is 0.481 e. The molecule has 152 valence electrons. The third-order valence-electron chi connectivity index (χ3n) is 6.49. The van der Waals surface area contributed by atoms with Crippen LogP contribution < -0.4 is 0 Å². The molecule has 28 heavy (non-hydrogen) atoms. The molecule has 1 aromatic rings. The first-order valence-corrected chi connectivity index (χ1v) is 11.0. The maximum atomic E-state index is 13.1. The summed E-state index contributed by atoms with van der Waals surface area (Å²) < 4.78 is 39.8. The molecule has 0 aromatic heterocycles. The molecule has 1 saturated heterocycles. The van der Waals surface area contributed by atoms with E-state index in [1.54, 1.807) is 4.90 Å². The zero-order valence-electron chi connectivity index (χ0n) is 15.3. The first-order chi connectivity index (χ1) is 13.3. The third-order valence-corrected chi connectivity index (χ3v) is 8.40. The van der Waals surface area contributed by atoms with Crippen LogP contribution >= 0.6 is 0 Å². The van der Waals surface area contributed by atoms with E-state index in [1.165, 1.54) is 16.4 Å². The predicted octanol–water partition coefficient (Wildman–Crippen LogP) is 1.41. The summed E-state index contributed by atoms with van der Waals surface area (Å²) in [6, 6.07) is 4.67. The number of carbonyl (C=O) groups is 2. The maximum Gasteiger partial charge on any atom is 0.307 e. The van der Waals surface area contributed by atoms with Gasteiger partial charge in [0.05, 0.1) is 16.7 Å². The molecule has 2 aliphatic carbocycles. The summed E-state index contributed by atoms with van der Waals surface area (Å²) >= 11 is 0. The molecule has 1 aliphatic heterocycles. The number of hydrogen-bond acceptors (Lipinski definition) is 4. The zero-order valence-corrected chi connectivity index (χ0v) is 16.1. The molecule has 3 aliphatic rings. The number of nitrogens with zero attached hydrogens (tertiary/aromatic N) is 2. The standard InChI is InChI=1S/C19H23FN2O5S/c20-14-3-5-15(6-4-14)28(26,27)22-9-7-21(8-10-22)18(23)16-12-1-2-13(11-12)17(16)19(24)25/h3-6,12-13,16-17H,1-2,7-11H2,(H,24,25)/t12-,13-,16-,17-/m0/s1. The summed E-state index contributed by atoms with van der Waals surface area (Å²) in [6.07, 6.45) is 2.56. The molecule has 0 radical (unpaired) electrons. The van der Waals surface area contributed by atoms with E-state index < -0.39 is 33.6 Å². The minimum absolute atomic E-state index is 0.0210. The van der Waals surface area contributed by atoms with Gasteiger partial charge in [-0.1, -0.05) is 0 Å². The lowest BCUT2D eigenvalue weighted by molar-refractivity contribution is -0.153. The van der Waals surface area contributed by atoms with Gasteiger partial charge in [-0.3, -0.25) is 9.59 Å². The lowest BCUT2D eigenvalue weighted by atomic mass is 9.78. The van der Waals surface area contributed by atoms with Crippen LogP contribution in [0.15, 0.2) is 29.2 Å². The highest BCUT2D eigenvalue weighted by atomic mass is 32.2. The van der Waals surface area contributed by atoms with Gasteiger partial charge in [-0.05, 0) is 55.4 Å². The quantitative estimate of drug-likeness (QED) is 0.810. The Hall–Kier alpha value is -2.00. The van der Waals surface area contributed by atoms with E-state index in [4.69, 9.17) is 0 Å². The molecule has 7 nitrogen and oxygen atoms in total. The number of fused-ring (bicyclic) bond motifs is 2. The van der Waals surface area contributed by atoms with Crippen LogP contribution in [-0.2, 0) is 19.6 Å². The average molecular weight is 410 g/mol. The second kappa shape index (κ2) is 7.11. The number of hydrogen-bond donors (Lipinski definition) is 1. The van der Waals surface area contributed by atoms with Crippen molar-refractivity contribution in [3.05, 3.63) is 30.1 Å². The number of carbonyl (C=O) groups excluding carboxylic acids is 1. The Morgan fingerprint density at radius 1 is 0.964 bits per heavy atom. The van der Waals surface area contributed by atoms with Crippen LogP contribution in [0.5, 0.6) is 0 Å². The summed E-state index contributed by atoms with van der Waals surface area (Å²) in [5.41, 5.74) is 0. The topological polar surface area (TPSA) is 95.0 Å². The maximum absolute atomic E-state index is 13.1. The second-order valence-corrected chi connectivity index (χ2v) is 9.84. The fourth-order valence-corrected chi connectivity index (χ4v) is 6.54. The number of aliphatic carboxylic acids is 1. The first-order valence-electron chi connectivity index (χ1n) is 9.56. The molecular formula is C19H23FN2O5S. The van der Waals surface area contributed by atoms with E-state index in [0.717, 1.165) is 31.4 Å². The Bertz CT molecular complexity index is 880. The van der Waals surface area contributed by atoms with E-state index in [0.29, 0.717) is 0 Å². The molecule has 2 saturated carbocycles. The minimum atomic E-state index is -3.74. The van der Waals surface area contributed by atoms with Gasteiger partial charge in [-0.2, -0.15) is 4.31 Å². The van der Waals surface area contributed by atoms with Crippen molar-refractivity contribution in [2.45, 2.75) is 24.2 Å². The molecule has 0 unspecified atom stereocenters. The summed E-state index contributed by atoms with van der Waals surface area (Å²) in [7, 11) is -3.74. The minimum Gasteiger partial charge on any atom is -0.481 e. The van der Waals surface area contributed by atoms with Crippen LogP contribution in [0, 0.1) is 29.5 Å². The van der Waals surface area contributed by atoms with Gasteiger partial charge in [0.2, 0.25) is 15.9 Å². The lowest BCUT2D eigenvalue weighted by Gasteiger charge is -2.37. The zero-order chi connectivity index (χ0) is 20.1. The summed E-state index contributed by atoms with van der Waals surface area (Å²) in [5, 5.41) is 9.56. The van der Waals surface area contributed by atoms with Crippen molar-refractivity contribution >= 4 is 21.9 Å². The van der Waals surface area contributed by atoms with Gasteiger partial charge in [0, 0.05) is 26.2 Å². The Kier molecular flexibility index (Phi) is 4.91. The van der Waals surface area contributed by atoms with Crippen molar-refractivity contribution in [3.8, 4) is 0 Å². The second-order valence-electron chi connectivity index (χ2n) is 7.91. The predicted molar refractivity (Wildman–Crippen MR) is 97.2 cm³/mol. The van der Waals surface area contributed by atoms with Gasteiger partial charge in [0.25, 0.3) is 0 Å². The molecule has 1 N–H and O–H groups in total. The van der Waals surface area contributed by atoms with Crippen LogP contribution in [-0.4, -0.2) is 60.8 Å². The Morgan fingerprint density at radius 2 is 1.54 bits per heavy atom. The Labute approximate surface area is 163 Å². The van der Waals surface area contributed by atoms with E-state index in [-0.39, 0.29) is 48.8 Å². The van der Waals surface area contributed by atoms with E-state index in [1.807, 2.05) is 0 Å². The monoisotopic (exact) mass is 410 g/mol. The van der Waals surface area contributed by atoms with Gasteiger partial charge in [-0.15, -0.1) is 0 Å². The van der Waals surface area contributed by atoms with Crippen LogP contribution in [0.25, 0.3) is 0 Å². The van der Waals surface area contributed by atoms with Gasteiger partial charge < -0.3 is 10.0 Å². The van der Waals surface area contributed by atoms with E-state index >= 15 is 0 Å². The first kappa shape index (κ1) is 19.3. The molecule has 1 amide bonds. The molecule has 1 heterocycles. The van der Waals surface area contributed by atoms with Crippen LogP contribution in [0.4, 0.5) is 4.39 Å². The number of piperazine rings is 1. The van der Waals surface area contributed by atoms with E-state index in [2.05, 4.69) is 0 Å². The highest BCUT2D eigenvalue weighted by Crippen LogP contribution is 2.53. The number of amides is 1. The van der Waals surface area contributed by atoms with Crippen LogP contribution in [0.3, 0.4) is 0 Å². The number of rotatable bonds is 4. The van der Waals surface area contributed by atoms with Gasteiger partial charge in [-0.25, -0.2) is 12.8 Å². The Morgan fingerprint density at radius 3 is 2.11 bits per heavy atom. The number of carboxylic acid groups (broad SMARTS) is 1. The van der Waals surface area contributed by atoms with Gasteiger partial charge in [0.1, 0.15) is 5.82 Å². The number of carboxylic acids is 1. The normalized spacial score (nSPS) is 30.5. The van der Waals surface area contributed by atoms with Crippen molar-refractivity contribution in [1.82, 2.24) is 9.21 Å². The van der Waals surface area contributed by atoms with Crippen molar-refractivity contribution in [3.63, 3.8) is 0 Å². The van der Waals surface area contributed by atoms with Gasteiger partial charge in [0.15, 0.2) is 0 Å². The summed E-state index contributed by atoms with van der Waals surface area (Å²) in [4.78, 5) is 26.3. The highest BCUT2D eigenvalue weighted by Gasteiger charge is 2.55. The van der Waals surface area contributed by atoms with Crippen molar-refractivity contribution in [2.75, 3.05) is 26.2 Å². The SMILES string of the molecule is O=C(O)[C@H]1[C@H]2CC[C@@H](C2)[C@@H]1C(=O)N1CCN(S(=O)(=O)c2ccc(F)cc2)CC1. The van der Waals surface area contributed by atoms with E-state index in [9.17, 15) is 27.5 Å². The summed E-state index contributed by atoms with van der Waals surface area (Å²) in [6.45, 7) is 0.757. The summed E-state index contributed by atoms with van der Waals surface area (Å²) in [5.74, 6) is -2.46. The van der Waals surface area contributed by atoms with Crippen molar-refractivity contribution in [1.29, 1.82) is 0 Å². The fourth-order valence-electron chi connectivity index (χ4n) is 5.12. The van der Waals surface area contributed by atoms with Crippen molar-refractivity contribution < 1.29 is 27.5 Å². The van der Waals surface area contributed by atoms with Gasteiger partial charge >= 0.3 is 5.97 Å². The molecule has 4 rings (SSSR count). The molecule has 4 atom stereocenters. The lowest BCUT2D eigenvalue weighted by Crippen LogP contribution is -2.53. The molecular weight excluding hydrogens is 387 g/mol. The highest BCUT2D eigenvalue weighted by molar-refractivity contribution is 7.89. The molecule has 2 bridgehead atoms. The molecule has 1 aromatic carbocycles. The number of benzene rings is 1. The third kappa shape index (κ3) is 3.20. The van der Waals surface area contributed by atoms with Crippen LogP contribution in [0.2, 0.25) is 0 Å². The molecule has 3 fully saturated rings. The number of halogens is 1. The molecule has 9 heteroatoms. The molecule has 0 spiro atoms. The van der Waals surface area contributed by atoms with Crippen molar-refractivity contribution in [2.24, 2.45) is 23.7 Å². The fraction of sp³-hybridized carbons (Fsp3) is 0.579. The average Bonchev–Trinajstić information content (AvgIpc) is 3.29.